The Bertz CT molecular complexity index is 890. The van der Waals surface area contributed by atoms with E-state index >= 15 is 0 Å². The topological polar surface area (TPSA) is 56.8 Å². The van der Waals surface area contributed by atoms with Crippen LogP contribution in [0.15, 0.2) is 48.5 Å². The van der Waals surface area contributed by atoms with Crippen LogP contribution in [0.2, 0.25) is 0 Å². The average molecular weight is 521 g/mol. The summed E-state index contributed by atoms with van der Waals surface area (Å²) in [6, 6.07) is 15.5. The Morgan fingerprint density at radius 1 is 1.10 bits per heavy atom. The van der Waals surface area contributed by atoms with Crippen LogP contribution in [0.4, 0.5) is 5.69 Å². The highest BCUT2D eigenvalue weighted by Gasteiger charge is 2.53. The summed E-state index contributed by atoms with van der Waals surface area (Å²) in [6.07, 6.45) is 0. The normalized spacial score (nSPS) is 20.8. The van der Waals surface area contributed by atoms with Crippen molar-refractivity contribution in [3.8, 4) is 0 Å². The number of ether oxygens (including phenoxy) is 1. The highest BCUT2D eigenvalue weighted by Crippen LogP contribution is 2.42. The molecule has 160 valence electrons. The highest BCUT2D eigenvalue weighted by atomic mass is 127. The van der Waals surface area contributed by atoms with Crippen LogP contribution < -0.4 is 10.8 Å². The first-order valence-corrected chi connectivity index (χ1v) is 11.1. The van der Waals surface area contributed by atoms with Gasteiger partial charge in [0.05, 0.1) is 11.2 Å². The first kappa shape index (κ1) is 23.1. The molecule has 1 fully saturated rings. The van der Waals surface area contributed by atoms with Crippen LogP contribution in [0.1, 0.15) is 57.5 Å². The zero-order valence-corrected chi connectivity index (χ0v) is 20.6. The van der Waals surface area contributed by atoms with E-state index in [1.807, 2.05) is 65.8 Å². The Balaban J connectivity index is 1.62. The fourth-order valence-electron chi connectivity index (χ4n) is 2.99. The lowest BCUT2D eigenvalue weighted by Crippen LogP contribution is -2.38. The van der Waals surface area contributed by atoms with Gasteiger partial charge in [-0.1, -0.05) is 24.3 Å². The molecule has 1 heterocycles. The Kier molecular flexibility index (Phi) is 6.55. The molecule has 1 aliphatic heterocycles. The van der Waals surface area contributed by atoms with Crippen molar-refractivity contribution in [2.75, 3.05) is 5.32 Å². The Labute approximate surface area is 193 Å². The van der Waals surface area contributed by atoms with E-state index in [0.29, 0.717) is 12.1 Å². The van der Waals surface area contributed by atoms with Gasteiger partial charge in [-0.05, 0) is 99.4 Å². The molecule has 0 aromatic heterocycles. The number of hydrogen-bond acceptors (Lipinski definition) is 5. The predicted octanol–water partition coefficient (Wildman–Crippen LogP) is 4.93. The largest absolute Gasteiger partial charge is 0.495 e. The van der Waals surface area contributed by atoms with Gasteiger partial charge in [0.25, 0.3) is 0 Å². The zero-order chi connectivity index (χ0) is 22.2. The molecule has 0 saturated carbocycles. The lowest BCUT2D eigenvalue weighted by molar-refractivity contribution is 0.00695. The molecule has 7 heteroatoms. The number of anilines is 1. The van der Waals surface area contributed by atoms with Gasteiger partial charge in [0.2, 0.25) is 0 Å². The SMILES string of the molecule is CC(C)(C)OC(=O)c1ccc(NCc2cccc(B3OC(C)(C)C(C)(I)O3)c2)cc1. The zero-order valence-electron chi connectivity index (χ0n) is 18.4. The number of benzene rings is 2. The van der Waals surface area contributed by atoms with Gasteiger partial charge in [0.1, 0.15) is 9.21 Å². The van der Waals surface area contributed by atoms with Crippen LogP contribution in [0.5, 0.6) is 0 Å². The summed E-state index contributed by atoms with van der Waals surface area (Å²) in [5.74, 6) is -0.316. The third kappa shape index (κ3) is 5.56. The molecule has 0 radical (unpaired) electrons. The van der Waals surface area contributed by atoms with Crippen LogP contribution in [-0.2, 0) is 20.6 Å². The Morgan fingerprint density at radius 2 is 1.77 bits per heavy atom. The first-order chi connectivity index (χ1) is 13.9. The molecule has 30 heavy (non-hydrogen) atoms. The van der Waals surface area contributed by atoms with Crippen LogP contribution in [0, 0.1) is 0 Å². The highest BCUT2D eigenvalue weighted by molar-refractivity contribution is 14.1. The molecule has 0 bridgehead atoms. The van der Waals surface area contributed by atoms with Gasteiger partial charge in [-0.15, -0.1) is 0 Å². The molecule has 1 N–H and O–H groups in total. The number of nitrogens with one attached hydrogen (secondary N) is 1. The standard InChI is InChI=1S/C23H29BINO4/c1-21(2,3)28-20(27)17-10-12-19(13-11-17)26-15-16-8-7-9-18(14-16)24-29-22(4,5)23(6,25)30-24/h7-14,26H,15H2,1-6H3. The van der Waals surface area contributed by atoms with Gasteiger partial charge < -0.3 is 19.4 Å². The summed E-state index contributed by atoms with van der Waals surface area (Å²) in [6.45, 7) is 12.4. The van der Waals surface area contributed by atoms with Crippen molar-refractivity contribution in [2.45, 2.75) is 62.9 Å². The second-order valence-corrected chi connectivity index (χ2v) is 11.2. The smallest absolute Gasteiger partial charge is 0.456 e. The van der Waals surface area contributed by atoms with E-state index < -0.39 is 5.60 Å². The van der Waals surface area contributed by atoms with Crippen LogP contribution in [-0.4, -0.2) is 27.9 Å². The minimum absolute atomic E-state index is 0.316. The molecule has 3 rings (SSSR count). The summed E-state index contributed by atoms with van der Waals surface area (Å²) < 4.78 is 17.3. The molecule has 0 amide bonds. The number of hydrogen-bond donors (Lipinski definition) is 1. The van der Waals surface area contributed by atoms with Crippen molar-refractivity contribution < 1.29 is 18.8 Å². The average Bonchev–Trinajstić information content (AvgIpc) is 2.87. The van der Waals surface area contributed by atoms with Crippen molar-refractivity contribution in [3.63, 3.8) is 0 Å². The summed E-state index contributed by atoms with van der Waals surface area (Å²) in [5, 5.41) is 3.39. The fourth-order valence-corrected chi connectivity index (χ4v) is 3.35. The van der Waals surface area contributed by atoms with E-state index in [1.165, 1.54) is 0 Å². The maximum absolute atomic E-state index is 12.1. The van der Waals surface area contributed by atoms with E-state index in [-0.39, 0.29) is 22.3 Å². The van der Waals surface area contributed by atoms with Crippen molar-refractivity contribution in [1.29, 1.82) is 0 Å². The monoisotopic (exact) mass is 521 g/mol. The summed E-state index contributed by atoms with van der Waals surface area (Å²) in [4.78, 5) is 12.1. The molecule has 5 nitrogen and oxygen atoms in total. The number of esters is 1. The van der Waals surface area contributed by atoms with Gasteiger partial charge >= 0.3 is 13.1 Å². The second-order valence-electron chi connectivity index (χ2n) is 9.17. The second kappa shape index (κ2) is 8.51. The predicted molar refractivity (Wildman–Crippen MR) is 129 cm³/mol. The minimum Gasteiger partial charge on any atom is -0.456 e. The fraction of sp³-hybridized carbons (Fsp3) is 0.435. The van der Waals surface area contributed by atoms with Crippen LogP contribution in [0.25, 0.3) is 0 Å². The Morgan fingerprint density at radius 3 is 2.33 bits per heavy atom. The molecule has 1 saturated heterocycles. The summed E-state index contributed by atoms with van der Waals surface area (Å²) in [7, 11) is -0.380. The lowest BCUT2D eigenvalue weighted by Gasteiger charge is -2.30. The van der Waals surface area contributed by atoms with E-state index in [0.717, 1.165) is 16.7 Å². The summed E-state index contributed by atoms with van der Waals surface area (Å²) in [5.41, 5.74) is 2.72. The van der Waals surface area contributed by atoms with E-state index in [1.54, 1.807) is 12.1 Å². The van der Waals surface area contributed by atoms with E-state index in [9.17, 15) is 4.79 Å². The van der Waals surface area contributed by atoms with Crippen molar-refractivity contribution in [2.24, 2.45) is 0 Å². The first-order valence-electron chi connectivity index (χ1n) is 10.1. The number of carbonyl (C=O) groups excluding carboxylic acids is 1. The molecule has 2 aromatic rings. The van der Waals surface area contributed by atoms with Crippen LogP contribution >= 0.6 is 22.6 Å². The van der Waals surface area contributed by atoms with Crippen molar-refractivity contribution >= 4 is 46.8 Å². The number of carbonyl (C=O) groups is 1. The molecular weight excluding hydrogens is 492 g/mol. The minimum atomic E-state index is -0.504. The molecular formula is C23H29BINO4. The number of rotatable bonds is 5. The number of halogens is 1. The van der Waals surface area contributed by atoms with Crippen molar-refractivity contribution in [1.82, 2.24) is 0 Å². The molecule has 1 aliphatic rings. The van der Waals surface area contributed by atoms with Gasteiger partial charge in [-0.3, -0.25) is 0 Å². The third-order valence-electron chi connectivity index (χ3n) is 5.04. The number of alkyl halides is 1. The van der Waals surface area contributed by atoms with Gasteiger partial charge in [-0.2, -0.15) is 0 Å². The van der Waals surface area contributed by atoms with Gasteiger partial charge in [0, 0.05) is 12.2 Å². The van der Waals surface area contributed by atoms with E-state index in [4.69, 9.17) is 14.0 Å². The van der Waals surface area contributed by atoms with Crippen molar-refractivity contribution in [3.05, 3.63) is 59.7 Å². The molecule has 0 spiro atoms. The van der Waals surface area contributed by atoms with Crippen LogP contribution in [0.3, 0.4) is 0 Å². The summed E-state index contributed by atoms with van der Waals surface area (Å²) >= 11 is 2.31. The quantitative estimate of drug-likeness (QED) is 0.262. The maximum atomic E-state index is 12.1. The molecule has 2 aromatic carbocycles. The lowest BCUT2D eigenvalue weighted by atomic mass is 9.78. The molecule has 1 unspecified atom stereocenters. The van der Waals surface area contributed by atoms with Gasteiger partial charge in [0.15, 0.2) is 0 Å². The van der Waals surface area contributed by atoms with Gasteiger partial charge in [-0.25, -0.2) is 4.79 Å². The molecule has 1 atom stereocenters. The van der Waals surface area contributed by atoms with E-state index in [2.05, 4.69) is 40.0 Å². The molecule has 0 aliphatic carbocycles. The third-order valence-corrected chi connectivity index (χ3v) is 6.60. The Hall–Kier alpha value is -1.58. The maximum Gasteiger partial charge on any atom is 0.495 e.